The van der Waals surface area contributed by atoms with Crippen LogP contribution in [0.1, 0.15) is 0 Å². The number of benzene rings is 1. The zero-order chi connectivity index (χ0) is 16.8. The third-order valence-corrected chi connectivity index (χ3v) is 4.06. The number of anilines is 1. The maximum atomic E-state index is 14.4. The molecule has 0 saturated carbocycles. The van der Waals surface area contributed by atoms with Crippen LogP contribution in [0.4, 0.5) is 10.3 Å². The van der Waals surface area contributed by atoms with E-state index in [1.54, 1.807) is 23.7 Å². The van der Waals surface area contributed by atoms with Crippen molar-refractivity contribution in [1.82, 2.24) is 24.6 Å². The molecule has 0 aliphatic heterocycles. The lowest BCUT2D eigenvalue weighted by Crippen LogP contribution is -2.00. The minimum Gasteiger partial charge on any atom is -0.506 e. The summed E-state index contributed by atoms with van der Waals surface area (Å²) in [6.07, 6.45) is 3.08. The number of phenolic OH excluding ortho intramolecular Hbond substituents is 1. The molecule has 0 amide bonds. The van der Waals surface area contributed by atoms with E-state index in [1.807, 2.05) is 0 Å². The van der Waals surface area contributed by atoms with Gasteiger partial charge in [0.1, 0.15) is 17.9 Å². The van der Waals surface area contributed by atoms with E-state index in [4.69, 9.17) is 11.6 Å². The fourth-order valence-corrected chi connectivity index (χ4v) is 2.82. The Morgan fingerprint density at radius 2 is 2.12 bits per heavy atom. The maximum Gasteiger partial charge on any atom is 0.224 e. The van der Waals surface area contributed by atoms with E-state index in [0.717, 1.165) is 6.07 Å². The monoisotopic (exact) mass is 344 g/mol. The highest BCUT2D eigenvalue weighted by Gasteiger charge is 2.19. The molecule has 7 nitrogen and oxygen atoms in total. The largest absolute Gasteiger partial charge is 0.506 e. The van der Waals surface area contributed by atoms with Crippen molar-refractivity contribution in [2.75, 3.05) is 12.4 Å². The van der Waals surface area contributed by atoms with E-state index < -0.39 is 5.82 Å². The van der Waals surface area contributed by atoms with Gasteiger partial charge in [-0.1, -0.05) is 11.6 Å². The number of fused-ring (bicyclic) bond motifs is 3. The Balaban J connectivity index is 2.13. The minimum absolute atomic E-state index is 0.0502. The second-order valence-electron chi connectivity index (χ2n) is 5.06. The van der Waals surface area contributed by atoms with Gasteiger partial charge in [0.15, 0.2) is 11.3 Å². The number of nitrogens with one attached hydrogen (secondary N) is 1. The lowest BCUT2D eigenvalue weighted by atomic mass is 10.0. The summed E-state index contributed by atoms with van der Waals surface area (Å²) in [6.45, 7) is 0. The molecule has 0 bridgehead atoms. The molecule has 0 unspecified atom stereocenters. The highest BCUT2D eigenvalue weighted by Crippen LogP contribution is 2.39. The Bertz CT molecular complexity index is 1100. The summed E-state index contributed by atoms with van der Waals surface area (Å²) in [7, 11) is 1.71. The number of halogens is 2. The highest BCUT2D eigenvalue weighted by atomic mass is 35.5. The summed E-state index contributed by atoms with van der Waals surface area (Å²) in [5.41, 5.74) is 1.37. The number of aromatic nitrogens is 5. The molecule has 3 aromatic heterocycles. The average Bonchev–Trinajstić information content (AvgIpc) is 3.08. The van der Waals surface area contributed by atoms with E-state index in [1.165, 1.54) is 12.4 Å². The maximum absolute atomic E-state index is 14.4. The Morgan fingerprint density at radius 1 is 1.29 bits per heavy atom. The fraction of sp³-hybridized carbons (Fsp3) is 0.0667. The van der Waals surface area contributed by atoms with Crippen LogP contribution in [-0.2, 0) is 0 Å². The van der Waals surface area contributed by atoms with Crippen LogP contribution in [0.3, 0.4) is 0 Å². The van der Waals surface area contributed by atoms with E-state index >= 15 is 0 Å². The number of phenols is 1. The van der Waals surface area contributed by atoms with E-state index in [0.29, 0.717) is 28.2 Å². The molecule has 9 heteroatoms. The molecule has 24 heavy (non-hydrogen) atoms. The Kier molecular flexibility index (Phi) is 3.20. The van der Waals surface area contributed by atoms with Crippen molar-refractivity contribution in [3.63, 3.8) is 0 Å². The first kappa shape index (κ1) is 14.6. The minimum atomic E-state index is -0.574. The molecule has 2 N–H and O–H groups in total. The van der Waals surface area contributed by atoms with Crippen molar-refractivity contribution < 1.29 is 9.50 Å². The molecule has 3 heterocycles. The van der Waals surface area contributed by atoms with Gasteiger partial charge in [-0.05, 0) is 18.2 Å². The third-order valence-electron chi connectivity index (χ3n) is 3.68. The van der Waals surface area contributed by atoms with Crippen LogP contribution in [0.15, 0.2) is 30.7 Å². The Hall–Kier alpha value is -3.00. The molecule has 0 radical (unpaired) electrons. The van der Waals surface area contributed by atoms with Crippen LogP contribution < -0.4 is 5.32 Å². The van der Waals surface area contributed by atoms with Crippen LogP contribution in [0.5, 0.6) is 5.75 Å². The summed E-state index contributed by atoms with van der Waals surface area (Å²) >= 11 is 6.11. The predicted molar refractivity (Wildman–Crippen MR) is 87.7 cm³/mol. The quantitative estimate of drug-likeness (QED) is 0.581. The van der Waals surface area contributed by atoms with E-state index in [-0.39, 0.29) is 16.3 Å². The van der Waals surface area contributed by atoms with Gasteiger partial charge in [-0.15, -0.1) is 10.2 Å². The number of hydrogen-bond acceptors (Lipinski definition) is 6. The summed E-state index contributed by atoms with van der Waals surface area (Å²) < 4.78 is 16.0. The van der Waals surface area contributed by atoms with Gasteiger partial charge >= 0.3 is 0 Å². The molecule has 4 rings (SSSR count). The van der Waals surface area contributed by atoms with Gasteiger partial charge in [-0.2, -0.15) is 4.98 Å². The van der Waals surface area contributed by atoms with Crippen molar-refractivity contribution in [1.29, 1.82) is 0 Å². The molecular formula is C15H10ClFN6O. The topological polar surface area (TPSA) is 88.2 Å². The molecule has 0 saturated heterocycles. The molecule has 4 aromatic rings. The lowest BCUT2D eigenvalue weighted by Gasteiger charge is -2.11. The van der Waals surface area contributed by atoms with Gasteiger partial charge in [0, 0.05) is 29.8 Å². The molecule has 120 valence electrons. The van der Waals surface area contributed by atoms with Crippen molar-refractivity contribution in [3.05, 3.63) is 41.6 Å². The molecule has 0 atom stereocenters. The fourth-order valence-electron chi connectivity index (χ4n) is 2.56. The Morgan fingerprint density at radius 3 is 2.92 bits per heavy atom. The zero-order valence-electron chi connectivity index (χ0n) is 12.3. The summed E-state index contributed by atoms with van der Waals surface area (Å²) in [5.74, 6) is -0.353. The molecule has 1 aromatic carbocycles. The van der Waals surface area contributed by atoms with Crippen molar-refractivity contribution in [2.24, 2.45) is 0 Å². The van der Waals surface area contributed by atoms with Crippen LogP contribution in [0.25, 0.3) is 27.8 Å². The summed E-state index contributed by atoms with van der Waals surface area (Å²) in [6, 6.07) is 4.02. The Labute approximate surface area is 139 Å². The molecular weight excluding hydrogens is 335 g/mol. The second kappa shape index (κ2) is 5.27. The summed E-state index contributed by atoms with van der Waals surface area (Å²) in [5, 5.41) is 21.1. The van der Waals surface area contributed by atoms with Crippen molar-refractivity contribution >= 4 is 34.2 Å². The zero-order valence-corrected chi connectivity index (χ0v) is 13.1. The first-order valence-corrected chi connectivity index (χ1v) is 7.32. The molecule has 0 spiro atoms. The molecule has 0 aliphatic rings. The number of rotatable bonds is 2. The van der Waals surface area contributed by atoms with Crippen molar-refractivity contribution in [2.45, 2.75) is 0 Å². The second-order valence-corrected chi connectivity index (χ2v) is 5.44. The predicted octanol–water partition coefficient (Wildman–Crippen LogP) is 2.88. The van der Waals surface area contributed by atoms with Gasteiger partial charge in [0.25, 0.3) is 0 Å². The number of hydrogen-bond donors (Lipinski definition) is 2. The van der Waals surface area contributed by atoms with Gasteiger partial charge in [0.05, 0.1) is 5.02 Å². The van der Waals surface area contributed by atoms with Crippen LogP contribution in [-0.4, -0.2) is 36.7 Å². The smallest absolute Gasteiger partial charge is 0.224 e. The molecule has 0 aliphatic carbocycles. The lowest BCUT2D eigenvalue weighted by molar-refractivity contribution is 0.474. The van der Waals surface area contributed by atoms with Crippen LogP contribution in [0, 0.1) is 5.82 Å². The van der Waals surface area contributed by atoms with Gasteiger partial charge < -0.3 is 10.4 Å². The first-order valence-electron chi connectivity index (χ1n) is 6.94. The van der Waals surface area contributed by atoms with E-state index in [9.17, 15) is 9.50 Å². The third kappa shape index (κ3) is 2.04. The SMILES string of the molecule is CNc1ncc2cc(-c3c(F)ccc(O)c3Cl)c3nncn3c2n1. The number of aromatic hydroxyl groups is 1. The number of pyridine rings is 1. The van der Waals surface area contributed by atoms with Crippen molar-refractivity contribution in [3.8, 4) is 16.9 Å². The average molecular weight is 345 g/mol. The standard InChI is InChI=1S/C15H10ClFN6O/c1-18-15-19-5-7-4-8(11-9(17)2-3-10(24)12(11)16)14-22-20-6-23(14)13(7)21-15/h2-6,24H,1H3,(H,18,19,21). The van der Waals surface area contributed by atoms with Crippen LogP contribution in [0.2, 0.25) is 5.02 Å². The summed E-state index contributed by atoms with van der Waals surface area (Å²) in [4.78, 5) is 8.54. The van der Waals surface area contributed by atoms with Crippen LogP contribution >= 0.6 is 11.6 Å². The molecule has 0 fully saturated rings. The highest BCUT2D eigenvalue weighted by molar-refractivity contribution is 6.35. The van der Waals surface area contributed by atoms with E-state index in [2.05, 4.69) is 25.5 Å². The first-order chi connectivity index (χ1) is 11.6. The normalized spacial score (nSPS) is 11.3. The van der Waals surface area contributed by atoms with Gasteiger partial charge in [0.2, 0.25) is 5.95 Å². The van der Waals surface area contributed by atoms with Gasteiger partial charge in [-0.25, -0.2) is 9.37 Å². The van der Waals surface area contributed by atoms with Gasteiger partial charge in [-0.3, -0.25) is 4.40 Å². The number of nitrogens with zero attached hydrogens (tertiary/aromatic N) is 5.